The van der Waals surface area contributed by atoms with Gasteiger partial charge in [-0.25, -0.2) is 9.97 Å². The molecule has 1 N–H and O–H groups in total. The highest BCUT2D eigenvalue weighted by molar-refractivity contribution is 5.93. The quantitative estimate of drug-likeness (QED) is 0.459. The molecule has 6 rings (SSSR count). The number of benzene rings is 2. The Morgan fingerprint density at radius 2 is 1.79 bits per heavy atom. The average Bonchev–Trinajstić information content (AvgIpc) is 3.28. The van der Waals surface area contributed by atoms with E-state index in [0.717, 1.165) is 52.2 Å². The number of hydrogen-bond acceptors (Lipinski definition) is 6. The normalized spacial score (nSPS) is 20.3. The minimum Gasteiger partial charge on any atom is -0.461 e. The Morgan fingerprint density at radius 3 is 2.59 bits per heavy atom. The number of imidazole rings is 1. The van der Waals surface area contributed by atoms with Crippen LogP contribution in [0.2, 0.25) is 0 Å². The number of morpholine rings is 1. The number of carbonyl (C=O) groups is 1. The summed E-state index contributed by atoms with van der Waals surface area (Å²) in [6, 6.07) is 16.5. The van der Waals surface area contributed by atoms with Crippen molar-refractivity contribution >= 4 is 22.8 Å². The Kier molecular flexibility index (Phi) is 5.07. The van der Waals surface area contributed by atoms with Crippen LogP contribution in [-0.4, -0.2) is 46.2 Å². The van der Waals surface area contributed by atoms with E-state index in [0.29, 0.717) is 12.1 Å². The fourth-order valence-corrected chi connectivity index (χ4v) is 5.07. The first kappa shape index (κ1) is 20.9. The Labute approximate surface area is 197 Å². The second-order valence-corrected chi connectivity index (χ2v) is 9.13. The molecule has 0 aliphatic carbocycles. The Hall–Kier alpha value is -3.71. The third-order valence-corrected chi connectivity index (χ3v) is 6.59. The van der Waals surface area contributed by atoms with Crippen LogP contribution in [0.25, 0.3) is 33.7 Å². The molecule has 2 aliphatic heterocycles. The van der Waals surface area contributed by atoms with E-state index in [2.05, 4.69) is 59.0 Å². The van der Waals surface area contributed by atoms with E-state index >= 15 is 0 Å². The number of ether oxygens (including phenoxy) is 2. The summed E-state index contributed by atoms with van der Waals surface area (Å²) in [7, 11) is 0. The van der Waals surface area contributed by atoms with Crippen LogP contribution in [0.3, 0.4) is 0 Å². The first-order valence-corrected chi connectivity index (χ1v) is 11.7. The molecule has 4 heterocycles. The molecule has 2 aromatic heterocycles. The zero-order chi connectivity index (χ0) is 23.2. The summed E-state index contributed by atoms with van der Waals surface area (Å²) in [5.41, 5.74) is 7.84. The minimum atomic E-state index is -0.183. The highest BCUT2D eigenvalue weighted by atomic mass is 16.5. The fourth-order valence-electron chi connectivity index (χ4n) is 5.07. The molecule has 0 radical (unpaired) electrons. The molecule has 0 saturated carbocycles. The molecule has 7 heteroatoms. The number of carbonyl (C=O) groups excluding carboxylic acids is 1. The SMILES string of the molecule is C[C@@H]1CN(c2ccc(-c3nc4nccc(-c5cccc6c5COC(=O)C6)c4[nH]3)cc2)C[C@H](C)O1. The molecule has 2 aliphatic rings. The number of hydrogen-bond donors (Lipinski definition) is 1. The van der Waals surface area contributed by atoms with Gasteiger partial charge in [-0.15, -0.1) is 0 Å². The van der Waals surface area contributed by atoms with Crippen molar-refractivity contribution in [2.45, 2.75) is 39.1 Å². The zero-order valence-electron chi connectivity index (χ0n) is 19.2. The fraction of sp³-hybridized carbons (Fsp3) is 0.296. The number of esters is 1. The van der Waals surface area contributed by atoms with Crippen molar-refractivity contribution in [3.63, 3.8) is 0 Å². The van der Waals surface area contributed by atoms with Crippen molar-refractivity contribution in [1.29, 1.82) is 0 Å². The molecular formula is C27H26N4O3. The van der Waals surface area contributed by atoms with Crippen molar-refractivity contribution in [2.75, 3.05) is 18.0 Å². The lowest BCUT2D eigenvalue weighted by Crippen LogP contribution is -2.45. The minimum absolute atomic E-state index is 0.183. The van der Waals surface area contributed by atoms with Gasteiger partial charge in [-0.3, -0.25) is 4.79 Å². The summed E-state index contributed by atoms with van der Waals surface area (Å²) in [5.74, 6) is 0.597. The number of pyridine rings is 1. The van der Waals surface area contributed by atoms with Crippen LogP contribution in [0.15, 0.2) is 54.7 Å². The largest absolute Gasteiger partial charge is 0.461 e. The summed E-state index contributed by atoms with van der Waals surface area (Å²) in [5, 5.41) is 0. The van der Waals surface area contributed by atoms with Crippen molar-refractivity contribution in [1.82, 2.24) is 15.0 Å². The predicted octanol–water partition coefficient (Wildman–Crippen LogP) is 4.50. The number of nitrogens with zero attached hydrogens (tertiary/aromatic N) is 3. The summed E-state index contributed by atoms with van der Waals surface area (Å²) in [4.78, 5) is 26.9. The summed E-state index contributed by atoms with van der Waals surface area (Å²) in [6.45, 7) is 6.29. The predicted molar refractivity (Wildman–Crippen MR) is 130 cm³/mol. The molecule has 34 heavy (non-hydrogen) atoms. The monoisotopic (exact) mass is 454 g/mol. The van der Waals surface area contributed by atoms with Gasteiger partial charge in [0.25, 0.3) is 0 Å². The number of H-pyrrole nitrogens is 1. The molecule has 0 spiro atoms. The maximum absolute atomic E-state index is 11.7. The van der Waals surface area contributed by atoms with Gasteiger partial charge in [-0.1, -0.05) is 18.2 Å². The second kappa shape index (κ2) is 8.25. The molecule has 2 atom stereocenters. The molecule has 172 valence electrons. The lowest BCUT2D eigenvalue weighted by Gasteiger charge is -2.36. The molecule has 4 aromatic rings. The van der Waals surface area contributed by atoms with Gasteiger partial charge < -0.3 is 19.4 Å². The van der Waals surface area contributed by atoms with Crippen LogP contribution in [0.1, 0.15) is 25.0 Å². The third-order valence-electron chi connectivity index (χ3n) is 6.59. The van der Waals surface area contributed by atoms with Crippen molar-refractivity contribution in [2.24, 2.45) is 0 Å². The van der Waals surface area contributed by atoms with E-state index in [-0.39, 0.29) is 24.8 Å². The van der Waals surface area contributed by atoms with Gasteiger partial charge in [0.05, 0.1) is 24.1 Å². The summed E-state index contributed by atoms with van der Waals surface area (Å²) in [6.07, 6.45) is 2.52. The average molecular weight is 455 g/mol. The maximum atomic E-state index is 11.7. The molecule has 0 bridgehead atoms. The van der Waals surface area contributed by atoms with Crippen LogP contribution in [0.4, 0.5) is 5.69 Å². The standard InChI is InChI=1S/C27H26N4O3/c1-16-13-31(14-17(2)34-16)20-8-6-18(7-9-20)26-29-25-22(10-11-28-27(25)30-26)21-5-3-4-19-12-24(32)33-15-23(19)21/h3-11,16-17H,12-15H2,1-2H3,(H,28,29,30)/t16-,17+. The highest BCUT2D eigenvalue weighted by Crippen LogP contribution is 2.34. The van der Waals surface area contributed by atoms with E-state index in [1.807, 2.05) is 18.2 Å². The summed E-state index contributed by atoms with van der Waals surface area (Å²) < 4.78 is 11.2. The number of fused-ring (bicyclic) bond motifs is 2. The molecule has 1 saturated heterocycles. The number of anilines is 1. The van der Waals surface area contributed by atoms with Gasteiger partial charge in [0.2, 0.25) is 0 Å². The van der Waals surface area contributed by atoms with Gasteiger partial charge in [0.15, 0.2) is 5.65 Å². The Bertz CT molecular complexity index is 1370. The molecule has 1 fully saturated rings. The number of aromatic amines is 1. The lowest BCUT2D eigenvalue weighted by atomic mass is 9.93. The first-order valence-electron chi connectivity index (χ1n) is 11.7. The topological polar surface area (TPSA) is 80.3 Å². The van der Waals surface area contributed by atoms with E-state index in [9.17, 15) is 4.79 Å². The number of aromatic nitrogens is 3. The highest BCUT2D eigenvalue weighted by Gasteiger charge is 2.23. The molecule has 7 nitrogen and oxygen atoms in total. The molecule has 0 amide bonds. The first-order chi connectivity index (χ1) is 16.5. The van der Waals surface area contributed by atoms with E-state index in [1.165, 1.54) is 5.69 Å². The Morgan fingerprint density at radius 1 is 1.00 bits per heavy atom. The zero-order valence-corrected chi connectivity index (χ0v) is 19.2. The number of cyclic esters (lactones) is 1. The Balaban J connectivity index is 1.35. The van der Waals surface area contributed by atoms with Crippen molar-refractivity contribution in [3.05, 3.63) is 65.9 Å². The van der Waals surface area contributed by atoms with E-state index in [1.54, 1.807) is 6.20 Å². The van der Waals surface area contributed by atoms with Crippen LogP contribution in [0.5, 0.6) is 0 Å². The number of nitrogens with one attached hydrogen (secondary N) is 1. The third kappa shape index (κ3) is 3.72. The van der Waals surface area contributed by atoms with E-state index in [4.69, 9.17) is 14.5 Å². The summed E-state index contributed by atoms with van der Waals surface area (Å²) >= 11 is 0. The van der Waals surface area contributed by atoms with Crippen LogP contribution < -0.4 is 4.90 Å². The smallest absolute Gasteiger partial charge is 0.310 e. The van der Waals surface area contributed by atoms with Gasteiger partial charge in [-0.05, 0) is 55.3 Å². The van der Waals surface area contributed by atoms with E-state index < -0.39 is 0 Å². The van der Waals surface area contributed by atoms with Gasteiger partial charge in [0.1, 0.15) is 12.4 Å². The van der Waals surface area contributed by atoms with Crippen molar-refractivity contribution in [3.8, 4) is 22.5 Å². The van der Waals surface area contributed by atoms with Crippen LogP contribution in [0, 0.1) is 0 Å². The van der Waals surface area contributed by atoms with Crippen LogP contribution in [-0.2, 0) is 27.3 Å². The lowest BCUT2D eigenvalue weighted by molar-refractivity contribution is -0.145. The van der Waals surface area contributed by atoms with Gasteiger partial charge >= 0.3 is 5.97 Å². The van der Waals surface area contributed by atoms with Crippen molar-refractivity contribution < 1.29 is 14.3 Å². The van der Waals surface area contributed by atoms with Gasteiger partial charge in [0, 0.05) is 41.7 Å². The molecule has 0 unspecified atom stereocenters. The molecule has 2 aromatic carbocycles. The number of rotatable bonds is 3. The second-order valence-electron chi connectivity index (χ2n) is 9.13. The maximum Gasteiger partial charge on any atom is 0.310 e. The van der Waals surface area contributed by atoms with Crippen LogP contribution >= 0.6 is 0 Å². The van der Waals surface area contributed by atoms with Gasteiger partial charge in [-0.2, -0.15) is 0 Å². The molecular weight excluding hydrogens is 428 g/mol.